The van der Waals surface area contributed by atoms with Gasteiger partial charge in [-0.2, -0.15) is 0 Å². The molecule has 4 heteroatoms. The fraction of sp³-hybridized carbons (Fsp3) is 0.333. The first-order chi connectivity index (χ1) is 9.34. The Morgan fingerprint density at radius 1 is 1.32 bits per heavy atom. The molecule has 2 aromatic rings. The maximum atomic E-state index is 12.5. The van der Waals surface area contributed by atoms with Crippen LogP contribution in [0.3, 0.4) is 0 Å². The Kier molecular flexibility index (Phi) is 3.60. The van der Waals surface area contributed by atoms with Crippen LogP contribution in [0.25, 0.3) is 0 Å². The highest BCUT2D eigenvalue weighted by atomic mass is 32.1. The van der Waals surface area contributed by atoms with Crippen LogP contribution in [0.4, 0.5) is 0 Å². The van der Waals surface area contributed by atoms with Crippen molar-refractivity contribution >= 4 is 17.2 Å². The molecule has 98 valence electrons. The van der Waals surface area contributed by atoms with Gasteiger partial charge in [-0.05, 0) is 25.0 Å². The van der Waals surface area contributed by atoms with Crippen molar-refractivity contribution in [2.75, 3.05) is 6.54 Å². The molecule has 3 rings (SSSR count). The predicted molar refractivity (Wildman–Crippen MR) is 76.3 cm³/mol. The lowest BCUT2D eigenvalue weighted by atomic mass is 10.2. The number of aromatic nitrogens is 1. The quantitative estimate of drug-likeness (QED) is 0.838. The van der Waals surface area contributed by atoms with E-state index < -0.39 is 0 Å². The van der Waals surface area contributed by atoms with Gasteiger partial charge in [-0.15, -0.1) is 11.3 Å². The summed E-state index contributed by atoms with van der Waals surface area (Å²) in [6, 6.07) is 9.99. The Bertz CT molecular complexity index is 535. The third kappa shape index (κ3) is 3.01. The third-order valence-electron chi connectivity index (χ3n) is 3.32. The molecule has 0 atom stereocenters. The van der Waals surface area contributed by atoms with Crippen LogP contribution in [0, 0.1) is 0 Å². The van der Waals surface area contributed by atoms with Gasteiger partial charge in [0, 0.05) is 36.1 Å². The molecule has 0 saturated heterocycles. The van der Waals surface area contributed by atoms with Crippen LogP contribution in [0.5, 0.6) is 0 Å². The summed E-state index contributed by atoms with van der Waals surface area (Å²) in [6.07, 6.45) is 4.94. The summed E-state index contributed by atoms with van der Waals surface area (Å²) in [5.41, 5.74) is 0.786. The highest BCUT2D eigenvalue weighted by molar-refractivity contribution is 7.09. The van der Waals surface area contributed by atoms with Crippen molar-refractivity contribution in [1.82, 2.24) is 9.88 Å². The summed E-state index contributed by atoms with van der Waals surface area (Å²) in [5.74, 6) is 0.152. The van der Waals surface area contributed by atoms with Crippen molar-refractivity contribution < 1.29 is 4.79 Å². The number of thiazole rings is 1. The SMILES string of the molecule is O=C(c1ccccc1)N(CCc1nccs1)C1CC1. The molecule has 19 heavy (non-hydrogen) atoms. The first-order valence-electron chi connectivity index (χ1n) is 6.59. The van der Waals surface area contributed by atoms with Crippen molar-refractivity contribution in [3.05, 3.63) is 52.5 Å². The largest absolute Gasteiger partial charge is 0.335 e. The summed E-state index contributed by atoms with van der Waals surface area (Å²) in [6.45, 7) is 0.770. The average Bonchev–Trinajstić information content (AvgIpc) is 3.15. The van der Waals surface area contributed by atoms with Crippen LogP contribution in [-0.4, -0.2) is 28.4 Å². The van der Waals surface area contributed by atoms with Gasteiger partial charge in [0.15, 0.2) is 0 Å². The van der Waals surface area contributed by atoms with Crippen LogP contribution in [-0.2, 0) is 6.42 Å². The first kappa shape index (κ1) is 12.4. The summed E-state index contributed by atoms with van der Waals surface area (Å²) in [7, 11) is 0. The normalized spacial score (nSPS) is 14.3. The summed E-state index contributed by atoms with van der Waals surface area (Å²) < 4.78 is 0. The molecule has 1 amide bonds. The van der Waals surface area contributed by atoms with Gasteiger partial charge in [-0.1, -0.05) is 18.2 Å². The number of hydrogen-bond acceptors (Lipinski definition) is 3. The van der Waals surface area contributed by atoms with Gasteiger partial charge in [-0.3, -0.25) is 4.79 Å². The number of carbonyl (C=O) groups is 1. The van der Waals surface area contributed by atoms with Crippen molar-refractivity contribution in [3.63, 3.8) is 0 Å². The number of nitrogens with zero attached hydrogens (tertiary/aromatic N) is 2. The Morgan fingerprint density at radius 2 is 2.11 bits per heavy atom. The van der Waals surface area contributed by atoms with Crippen molar-refractivity contribution in [3.8, 4) is 0 Å². The summed E-state index contributed by atoms with van der Waals surface area (Å²) in [5, 5.41) is 3.09. The second-order valence-corrected chi connectivity index (χ2v) is 5.75. The summed E-state index contributed by atoms with van der Waals surface area (Å²) >= 11 is 1.66. The van der Waals surface area contributed by atoms with Gasteiger partial charge in [0.1, 0.15) is 0 Å². The maximum Gasteiger partial charge on any atom is 0.254 e. The second kappa shape index (κ2) is 5.53. The van der Waals surface area contributed by atoms with Crippen LogP contribution in [0.15, 0.2) is 41.9 Å². The fourth-order valence-corrected chi connectivity index (χ4v) is 2.78. The molecule has 0 spiro atoms. The lowest BCUT2D eigenvalue weighted by Gasteiger charge is -2.22. The third-order valence-corrected chi connectivity index (χ3v) is 4.16. The lowest BCUT2D eigenvalue weighted by Crippen LogP contribution is -2.34. The van der Waals surface area contributed by atoms with Crippen molar-refractivity contribution in [1.29, 1.82) is 0 Å². The molecule has 1 fully saturated rings. The fourth-order valence-electron chi connectivity index (χ4n) is 2.18. The molecular formula is C15H16N2OS. The topological polar surface area (TPSA) is 33.2 Å². The molecule has 0 unspecified atom stereocenters. The monoisotopic (exact) mass is 272 g/mol. The highest BCUT2D eigenvalue weighted by Crippen LogP contribution is 2.28. The number of rotatable bonds is 5. The van der Waals surface area contributed by atoms with E-state index in [1.54, 1.807) is 11.3 Å². The van der Waals surface area contributed by atoms with Gasteiger partial charge in [0.2, 0.25) is 0 Å². The zero-order valence-electron chi connectivity index (χ0n) is 10.7. The van der Waals surface area contributed by atoms with E-state index in [1.165, 1.54) is 0 Å². The van der Waals surface area contributed by atoms with Gasteiger partial charge < -0.3 is 4.90 Å². The Balaban J connectivity index is 1.69. The highest BCUT2D eigenvalue weighted by Gasteiger charge is 2.32. The zero-order valence-corrected chi connectivity index (χ0v) is 11.5. The van der Waals surface area contributed by atoms with E-state index in [9.17, 15) is 4.79 Å². The van der Waals surface area contributed by atoms with E-state index in [0.29, 0.717) is 6.04 Å². The number of amides is 1. The minimum atomic E-state index is 0.152. The van der Waals surface area contributed by atoms with Gasteiger partial charge in [0.05, 0.1) is 5.01 Å². The van der Waals surface area contributed by atoms with E-state index in [2.05, 4.69) is 4.98 Å². The van der Waals surface area contributed by atoms with E-state index in [1.807, 2.05) is 46.8 Å². The van der Waals surface area contributed by atoms with E-state index in [-0.39, 0.29) is 5.91 Å². The van der Waals surface area contributed by atoms with Crippen LogP contribution in [0.1, 0.15) is 28.2 Å². The molecular weight excluding hydrogens is 256 g/mol. The molecule has 0 radical (unpaired) electrons. The number of benzene rings is 1. The molecule has 1 saturated carbocycles. The molecule has 1 aromatic heterocycles. The van der Waals surface area contributed by atoms with Crippen molar-refractivity contribution in [2.24, 2.45) is 0 Å². The minimum Gasteiger partial charge on any atom is -0.335 e. The second-order valence-electron chi connectivity index (χ2n) is 4.77. The summed E-state index contributed by atoms with van der Waals surface area (Å²) in [4.78, 5) is 18.8. The molecule has 0 N–H and O–H groups in total. The predicted octanol–water partition coefficient (Wildman–Crippen LogP) is 2.99. The van der Waals surface area contributed by atoms with Crippen LogP contribution in [0.2, 0.25) is 0 Å². The number of carbonyl (C=O) groups excluding carboxylic acids is 1. The van der Waals surface area contributed by atoms with Crippen LogP contribution >= 0.6 is 11.3 Å². The molecule has 3 nitrogen and oxygen atoms in total. The Hall–Kier alpha value is -1.68. The van der Waals surface area contributed by atoms with Gasteiger partial charge in [0.25, 0.3) is 5.91 Å². The molecule has 1 aromatic carbocycles. The Labute approximate surface area is 116 Å². The number of hydrogen-bond donors (Lipinski definition) is 0. The smallest absolute Gasteiger partial charge is 0.254 e. The molecule has 1 aliphatic carbocycles. The van der Waals surface area contributed by atoms with E-state index in [0.717, 1.165) is 36.4 Å². The maximum absolute atomic E-state index is 12.5. The molecule has 1 aliphatic rings. The molecule has 1 heterocycles. The van der Waals surface area contributed by atoms with Crippen LogP contribution < -0.4 is 0 Å². The minimum absolute atomic E-state index is 0.152. The molecule has 0 aliphatic heterocycles. The van der Waals surface area contributed by atoms with Gasteiger partial charge in [-0.25, -0.2) is 4.98 Å². The standard InChI is InChI=1S/C15H16N2OS/c18-15(12-4-2-1-3-5-12)17(13-6-7-13)10-8-14-16-9-11-19-14/h1-5,9,11,13H,6-8,10H2. The lowest BCUT2D eigenvalue weighted by molar-refractivity contribution is 0.0745. The van der Waals surface area contributed by atoms with E-state index >= 15 is 0 Å². The van der Waals surface area contributed by atoms with Gasteiger partial charge >= 0.3 is 0 Å². The molecule has 0 bridgehead atoms. The first-order valence-corrected chi connectivity index (χ1v) is 7.47. The Morgan fingerprint density at radius 3 is 2.74 bits per heavy atom. The zero-order chi connectivity index (χ0) is 13.1. The van der Waals surface area contributed by atoms with E-state index in [4.69, 9.17) is 0 Å². The van der Waals surface area contributed by atoms with Crippen molar-refractivity contribution in [2.45, 2.75) is 25.3 Å². The average molecular weight is 272 g/mol.